The molecule has 0 unspecified atom stereocenters. The fourth-order valence-corrected chi connectivity index (χ4v) is 5.22. The predicted octanol–water partition coefficient (Wildman–Crippen LogP) is 5.75. The summed E-state index contributed by atoms with van der Waals surface area (Å²) in [6, 6.07) is 16.8. The second kappa shape index (κ2) is 9.31. The monoisotopic (exact) mass is 497 g/mol. The van der Waals surface area contributed by atoms with Crippen LogP contribution in [-0.4, -0.2) is 28.5 Å². The van der Waals surface area contributed by atoms with Gasteiger partial charge >= 0.3 is 6.18 Å². The molecule has 1 aliphatic heterocycles. The van der Waals surface area contributed by atoms with Gasteiger partial charge in [-0.05, 0) is 54.1 Å². The zero-order chi connectivity index (χ0) is 24.6. The molecule has 0 bridgehead atoms. The summed E-state index contributed by atoms with van der Waals surface area (Å²) in [6.45, 7) is 1.94. The molecule has 0 amide bonds. The summed E-state index contributed by atoms with van der Waals surface area (Å²) < 4.78 is 43.7. The minimum atomic E-state index is -4.41. The fourth-order valence-electron chi connectivity index (χ4n) is 4.16. The molecule has 0 atom stereocenters. The van der Waals surface area contributed by atoms with Gasteiger partial charge in [-0.2, -0.15) is 13.2 Å². The Balaban J connectivity index is 1.30. The van der Waals surface area contributed by atoms with E-state index in [0.29, 0.717) is 35.6 Å². The van der Waals surface area contributed by atoms with Crippen molar-refractivity contribution in [3.05, 3.63) is 92.7 Å². The largest absolute Gasteiger partial charge is 0.497 e. The molecule has 0 radical (unpaired) electrons. The van der Waals surface area contributed by atoms with E-state index in [-0.39, 0.29) is 5.56 Å². The molecule has 1 aliphatic rings. The number of nitrogens with one attached hydrogen (secondary N) is 1. The molecule has 0 spiro atoms. The van der Waals surface area contributed by atoms with Crippen LogP contribution in [-0.2, 0) is 25.7 Å². The number of thiophene rings is 1. The molecule has 3 heterocycles. The lowest BCUT2D eigenvalue weighted by atomic mass is 10.1. The lowest BCUT2D eigenvalue weighted by molar-refractivity contribution is -0.137. The zero-order valence-electron chi connectivity index (χ0n) is 18.9. The number of aromatic amines is 1. The highest BCUT2D eigenvalue weighted by Gasteiger charge is 2.30. The van der Waals surface area contributed by atoms with Gasteiger partial charge in [-0.1, -0.05) is 12.1 Å². The van der Waals surface area contributed by atoms with Crippen LogP contribution in [0.15, 0.2) is 65.5 Å². The average molecular weight is 498 g/mol. The third-order valence-corrected chi connectivity index (χ3v) is 7.17. The summed E-state index contributed by atoms with van der Waals surface area (Å²) in [6.07, 6.45) is -3.81. The molecule has 5 rings (SSSR count). The molecule has 1 N–H and O–H groups in total. The number of ether oxygens (including phenoxy) is 1. The van der Waals surface area contributed by atoms with Crippen LogP contribution in [0.1, 0.15) is 21.7 Å². The van der Waals surface area contributed by atoms with Crippen molar-refractivity contribution in [3.63, 3.8) is 0 Å². The van der Waals surface area contributed by atoms with Crippen LogP contribution < -0.4 is 10.3 Å². The van der Waals surface area contributed by atoms with E-state index in [2.05, 4.69) is 27.0 Å². The van der Waals surface area contributed by atoms with Gasteiger partial charge in [0.25, 0.3) is 5.56 Å². The van der Waals surface area contributed by atoms with Crippen molar-refractivity contribution < 1.29 is 17.9 Å². The van der Waals surface area contributed by atoms with E-state index < -0.39 is 11.7 Å². The Hall–Kier alpha value is -3.43. The highest BCUT2D eigenvalue weighted by molar-refractivity contribution is 7.15. The van der Waals surface area contributed by atoms with E-state index in [1.54, 1.807) is 18.4 Å². The molecular formula is C26H22F3N3O2S. The summed E-state index contributed by atoms with van der Waals surface area (Å²) in [7, 11) is 1.64. The number of aromatic nitrogens is 2. The van der Waals surface area contributed by atoms with Crippen LogP contribution in [0.4, 0.5) is 13.2 Å². The summed E-state index contributed by atoms with van der Waals surface area (Å²) >= 11 is 1.72. The van der Waals surface area contributed by atoms with Gasteiger partial charge in [-0.3, -0.25) is 9.69 Å². The quantitative estimate of drug-likeness (QED) is 0.381. The van der Waals surface area contributed by atoms with Gasteiger partial charge < -0.3 is 9.72 Å². The standard InChI is InChI=1S/C26H22F3N3O2S/c1-34-19-8-4-16(5-9-19)23-11-10-20(35-23)14-32-13-12-22-21(15-32)25(33)31-24(30-22)17-2-6-18(7-3-17)26(27,28)29/h2-11H,12-15H2,1H3,(H,30,31,33). The number of rotatable bonds is 5. The second-order valence-corrected chi connectivity index (χ2v) is 9.54. The second-order valence-electron chi connectivity index (χ2n) is 8.37. The van der Waals surface area contributed by atoms with E-state index in [1.807, 2.05) is 24.3 Å². The smallest absolute Gasteiger partial charge is 0.416 e. The summed E-state index contributed by atoms with van der Waals surface area (Å²) in [5.41, 5.74) is 1.90. The van der Waals surface area contributed by atoms with E-state index in [9.17, 15) is 18.0 Å². The SMILES string of the molecule is COc1ccc(-c2ccc(CN3CCc4nc(-c5ccc(C(F)(F)F)cc5)[nH]c(=O)c4C3)s2)cc1. The van der Waals surface area contributed by atoms with Crippen LogP contribution >= 0.6 is 11.3 Å². The van der Waals surface area contributed by atoms with Crippen molar-refractivity contribution in [1.82, 2.24) is 14.9 Å². The van der Waals surface area contributed by atoms with Gasteiger partial charge in [0.1, 0.15) is 11.6 Å². The van der Waals surface area contributed by atoms with Gasteiger partial charge in [-0.25, -0.2) is 4.98 Å². The van der Waals surface area contributed by atoms with E-state index in [1.165, 1.54) is 21.9 Å². The van der Waals surface area contributed by atoms with Crippen LogP contribution in [0.5, 0.6) is 5.75 Å². The van der Waals surface area contributed by atoms with Gasteiger partial charge in [0, 0.05) is 41.4 Å². The lowest BCUT2D eigenvalue weighted by Crippen LogP contribution is -2.35. The molecule has 0 aliphatic carbocycles. The van der Waals surface area contributed by atoms with Crippen LogP contribution in [0.3, 0.4) is 0 Å². The molecule has 0 saturated heterocycles. The van der Waals surface area contributed by atoms with E-state index >= 15 is 0 Å². The first kappa shape index (κ1) is 23.3. The van der Waals surface area contributed by atoms with Crippen molar-refractivity contribution >= 4 is 11.3 Å². The number of hydrogen-bond acceptors (Lipinski definition) is 5. The first-order valence-electron chi connectivity index (χ1n) is 11.1. The van der Waals surface area contributed by atoms with Crippen LogP contribution in [0.25, 0.3) is 21.8 Å². The molecule has 9 heteroatoms. The molecular weight excluding hydrogens is 475 g/mol. The molecule has 0 saturated carbocycles. The molecule has 4 aromatic rings. The molecule has 0 fully saturated rings. The number of alkyl halides is 3. The van der Waals surface area contributed by atoms with Gasteiger partial charge in [0.05, 0.1) is 23.9 Å². The number of hydrogen-bond donors (Lipinski definition) is 1. The van der Waals surface area contributed by atoms with E-state index in [0.717, 1.165) is 36.5 Å². The highest BCUT2D eigenvalue weighted by Crippen LogP contribution is 2.32. The predicted molar refractivity (Wildman–Crippen MR) is 129 cm³/mol. The van der Waals surface area contributed by atoms with Crippen molar-refractivity contribution in [2.45, 2.75) is 25.7 Å². The molecule has 5 nitrogen and oxygen atoms in total. The minimum absolute atomic E-state index is 0.250. The van der Waals surface area contributed by atoms with Gasteiger partial charge in [0.15, 0.2) is 0 Å². The third-order valence-electron chi connectivity index (χ3n) is 6.05. The van der Waals surface area contributed by atoms with E-state index in [4.69, 9.17) is 4.74 Å². The summed E-state index contributed by atoms with van der Waals surface area (Å²) in [5.74, 6) is 1.11. The average Bonchev–Trinajstić information content (AvgIpc) is 3.32. The third kappa shape index (κ3) is 5.01. The molecule has 2 aromatic heterocycles. The van der Waals surface area contributed by atoms with Gasteiger partial charge in [-0.15, -0.1) is 11.3 Å². The molecule has 35 heavy (non-hydrogen) atoms. The maximum atomic E-state index is 12.8. The van der Waals surface area contributed by atoms with Gasteiger partial charge in [0.2, 0.25) is 0 Å². The topological polar surface area (TPSA) is 58.2 Å². The molecule has 180 valence electrons. The Bertz CT molecular complexity index is 1390. The summed E-state index contributed by atoms with van der Waals surface area (Å²) in [5, 5.41) is 0. The number of halogens is 3. The number of fused-ring (bicyclic) bond motifs is 1. The van der Waals surface area contributed by atoms with Crippen LogP contribution in [0.2, 0.25) is 0 Å². The fraction of sp³-hybridized carbons (Fsp3) is 0.231. The Morgan fingerprint density at radius 2 is 1.74 bits per heavy atom. The Morgan fingerprint density at radius 1 is 1.03 bits per heavy atom. The Morgan fingerprint density at radius 3 is 2.43 bits per heavy atom. The number of H-pyrrole nitrogens is 1. The first-order valence-corrected chi connectivity index (χ1v) is 11.9. The first-order chi connectivity index (χ1) is 16.8. The Kier molecular flexibility index (Phi) is 6.21. The zero-order valence-corrected chi connectivity index (χ0v) is 19.7. The number of benzene rings is 2. The van der Waals surface area contributed by atoms with Crippen molar-refractivity contribution in [1.29, 1.82) is 0 Å². The van der Waals surface area contributed by atoms with Crippen molar-refractivity contribution in [2.24, 2.45) is 0 Å². The maximum Gasteiger partial charge on any atom is 0.416 e. The lowest BCUT2D eigenvalue weighted by Gasteiger charge is -2.27. The minimum Gasteiger partial charge on any atom is -0.497 e. The van der Waals surface area contributed by atoms with Crippen LogP contribution in [0, 0.1) is 0 Å². The Labute approximate surface area is 203 Å². The highest BCUT2D eigenvalue weighted by atomic mass is 32.1. The number of nitrogens with zero attached hydrogens (tertiary/aromatic N) is 2. The van der Waals surface area contributed by atoms with Crippen molar-refractivity contribution in [2.75, 3.05) is 13.7 Å². The van der Waals surface area contributed by atoms with Crippen molar-refractivity contribution in [3.8, 4) is 27.6 Å². The maximum absolute atomic E-state index is 12.8. The normalized spacial score (nSPS) is 14.1. The number of methoxy groups -OCH3 is 1. The summed E-state index contributed by atoms with van der Waals surface area (Å²) in [4.78, 5) is 24.7. The molecule has 2 aromatic carbocycles.